The molecule has 2 aliphatic rings. The molecular weight excluding hydrogens is 554 g/mol. The van der Waals surface area contributed by atoms with Gasteiger partial charge in [0.1, 0.15) is 11.8 Å². The Bertz CT molecular complexity index is 1300. The highest BCUT2D eigenvalue weighted by molar-refractivity contribution is 7.89. The number of fused-ring (bicyclic) bond motifs is 3. The predicted molar refractivity (Wildman–Crippen MR) is 164 cm³/mol. The summed E-state index contributed by atoms with van der Waals surface area (Å²) in [6, 6.07) is 13.9. The lowest BCUT2D eigenvalue weighted by Crippen LogP contribution is -2.55. The van der Waals surface area contributed by atoms with Crippen LogP contribution in [0.15, 0.2) is 60.7 Å². The van der Waals surface area contributed by atoms with Crippen LogP contribution in [-0.2, 0) is 32.4 Å². The van der Waals surface area contributed by atoms with Crippen LogP contribution < -0.4 is 15.4 Å². The lowest BCUT2D eigenvalue weighted by Gasteiger charge is -2.31. The number of hydrogen-bond acceptors (Lipinski definition) is 7. The largest absolute Gasteiger partial charge is 0.497 e. The van der Waals surface area contributed by atoms with Gasteiger partial charge in [-0.1, -0.05) is 68.3 Å². The van der Waals surface area contributed by atoms with Gasteiger partial charge in [0.25, 0.3) is 0 Å². The quantitative estimate of drug-likeness (QED) is 0.300. The average Bonchev–Trinajstić information content (AvgIpc) is 3.33. The van der Waals surface area contributed by atoms with E-state index in [-0.39, 0.29) is 30.9 Å². The van der Waals surface area contributed by atoms with E-state index in [9.17, 15) is 18.3 Å². The van der Waals surface area contributed by atoms with Gasteiger partial charge >= 0.3 is 0 Å². The van der Waals surface area contributed by atoms with Crippen molar-refractivity contribution in [3.05, 3.63) is 77.4 Å². The second-order valence-corrected chi connectivity index (χ2v) is 13.3. The standard InChI is InChI=1S/C32H45N3O6S/c1-4-5-11-18-42(38,39)35(2)28-14-9-10-17-41-30-20-24-15-16-25(40-3)21-26(24)31(30)33-22-29(36)27(34-32(28)37)19-23-12-7-6-8-13-23/h6-10,12-13,15-16,21,27-31,33,36H,4-5,11,14,17-20,22H2,1-3H3,(H,34,37)/b10-9-/t27-,28-,29+,30-,31+/m0/s1. The zero-order chi connectivity index (χ0) is 30.1. The third-order valence-corrected chi connectivity index (χ3v) is 10.2. The first-order valence-electron chi connectivity index (χ1n) is 14.9. The summed E-state index contributed by atoms with van der Waals surface area (Å²) < 4.78 is 39.3. The van der Waals surface area contributed by atoms with Crippen molar-refractivity contribution < 1.29 is 27.8 Å². The summed E-state index contributed by atoms with van der Waals surface area (Å²) in [5.41, 5.74) is 3.18. The molecule has 5 atom stereocenters. The summed E-state index contributed by atoms with van der Waals surface area (Å²) in [7, 11) is -0.552. The van der Waals surface area contributed by atoms with Gasteiger partial charge in [0, 0.05) is 20.0 Å². The molecule has 1 amide bonds. The van der Waals surface area contributed by atoms with Crippen LogP contribution in [-0.4, -0.2) is 81.1 Å². The second-order valence-electron chi connectivity index (χ2n) is 11.2. The fraction of sp³-hybridized carbons (Fsp3) is 0.531. The maximum absolute atomic E-state index is 13.7. The number of nitrogens with zero attached hydrogens (tertiary/aromatic N) is 1. The molecule has 3 N–H and O–H groups in total. The molecule has 1 aliphatic heterocycles. The summed E-state index contributed by atoms with van der Waals surface area (Å²) in [5, 5.41) is 18.0. The van der Waals surface area contributed by atoms with Crippen molar-refractivity contribution in [3.63, 3.8) is 0 Å². The van der Waals surface area contributed by atoms with Crippen LogP contribution in [0.25, 0.3) is 0 Å². The number of unbranched alkanes of at least 4 members (excludes halogenated alkanes) is 2. The molecule has 42 heavy (non-hydrogen) atoms. The van der Waals surface area contributed by atoms with E-state index in [0.29, 0.717) is 25.9 Å². The summed E-state index contributed by atoms with van der Waals surface area (Å²) in [5.74, 6) is 0.306. The minimum Gasteiger partial charge on any atom is -0.497 e. The van der Waals surface area contributed by atoms with Gasteiger partial charge in [-0.25, -0.2) is 8.42 Å². The first-order valence-corrected chi connectivity index (χ1v) is 16.5. The molecule has 0 saturated heterocycles. The van der Waals surface area contributed by atoms with E-state index in [0.717, 1.165) is 35.3 Å². The Hall–Kier alpha value is -2.76. The highest BCUT2D eigenvalue weighted by Crippen LogP contribution is 2.36. The van der Waals surface area contributed by atoms with Crippen LogP contribution >= 0.6 is 0 Å². The molecule has 230 valence electrons. The van der Waals surface area contributed by atoms with Crippen LogP contribution in [0.4, 0.5) is 0 Å². The van der Waals surface area contributed by atoms with Crippen molar-refractivity contribution in [2.45, 2.75) is 75.8 Å². The molecule has 1 heterocycles. The van der Waals surface area contributed by atoms with E-state index in [4.69, 9.17) is 9.47 Å². The number of hydrogen-bond donors (Lipinski definition) is 3. The monoisotopic (exact) mass is 599 g/mol. The number of methoxy groups -OCH3 is 1. The predicted octanol–water partition coefficient (Wildman–Crippen LogP) is 3.14. The smallest absolute Gasteiger partial charge is 0.239 e. The number of carbonyl (C=O) groups excluding carboxylic acids is 1. The van der Waals surface area contributed by atoms with Crippen molar-refractivity contribution in [1.29, 1.82) is 0 Å². The normalized spacial score (nSPS) is 26.1. The van der Waals surface area contributed by atoms with Gasteiger partial charge in [0.05, 0.1) is 43.8 Å². The van der Waals surface area contributed by atoms with Crippen LogP contribution in [0.3, 0.4) is 0 Å². The van der Waals surface area contributed by atoms with Gasteiger partial charge in [-0.15, -0.1) is 0 Å². The lowest BCUT2D eigenvalue weighted by atomic mass is 9.99. The first kappa shape index (κ1) is 32.2. The zero-order valence-corrected chi connectivity index (χ0v) is 25.7. The zero-order valence-electron chi connectivity index (χ0n) is 24.9. The maximum Gasteiger partial charge on any atom is 0.239 e. The van der Waals surface area contributed by atoms with E-state index in [2.05, 4.69) is 10.6 Å². The topological polar surface area (TPSA) is 117 Å². The molecular formula is C32H45N3O6S. The van der Waals surface area contributed by atoms with Crippen molar-refractivity contribution in [2.75, 3.05) is 33.1 Å². The third-order valence-electron chi connectivity index (χ3n) is 8.24. The van der Waals surface area contributed by atoms with Gasteiger partial charge in [-0.3, -0.25) is 4.79 Å². The molecule has 0 fully saturated rings. The number of rotatable bonds is 9. The summed E-state index contributed by atoms with van der Waals surface area (Å²) in [4.78, 5) is 13.7. The molecule has 1 aliphatic carbocycles. The highest BCUT2D eigenvalue weighted by Gasteiger charge is 2.36. The number of carbonyl (C=O) groups is 1. The number of nitrogens with one attached hydrogen (secondary N) is 2. The minimum atomic E-state index is -3.66. The maximum atomic E-state index is 13.7. The van der Waals surface area contributed by atoms with Crippen molar-refractivity contribution >= 4 is 15.9 Å². The fourth-order valence-corrected chi connectivity index (χ4v) is 7.12. The van der Waals surface area contributed by atoms with E-state index >= 15 is 0 Å². The molecule has 9 nitrogen and oxygen atoms in total. The average molecular weight is 600 g/mol. The number of benzene rings is 2. The molecule has 0 bridgehead atoms. The molecule has 10 heteroatoms. The molecule has 2 aromatic carbocycles. The highest BCUT2D eigenvalue weighted by atomic mass is 32.2. The summed E-state index contributed by atoms with van der Waals surface area (Å²) in [6.45, 7) is 2.53. The minimum absolute atomic E-state index is 0.0116. The summed E-state index contributed by atoms with van der Waals surface area (Å²) >= 11 is 0. The van der Waals surface area contributed by atoms with Gasteiger partial charge in [-0.05, 0) is 48.1 Å². The Morgan fingerprint density at radius 3 is 2.64 bits per heavy atom. The molecule has 0 unspecified atom stereocenters. The third kappa shape index (κ3) is 8.20. The van der Waals surface area contributed by atoms with E-state index in [1.807, 2.05) is 67.6 Å². The van der Waals surface area contributed by atoms with Gasteiger partial charge in [-0.2, -0.15) is 4.31 Å². The molecule has 0 radical (unpaired) electrons. The van der Waals surface area contributed by atoms with Crippen LogP contribution in [0.2, 0.25) is 0 Å². The van der Waals surface area contributed by atoms with Crippen LogP contribution in [0, 0.1) is 0 Å². The van der Waals surface area contributed by atoms with E-state index in [1.165, 1.54) is 11.4 Å². The number of amides is 1. The number of β-amino-alcohol motifs (C(OH)–C–C–N with tert-alkyl or cyclic N) is 1. The van der Waals surface area contributed by atoms with Crippen molar-refractivity contribution in [2.24, 2.45) is 0 Å². The Morgan fingerprint density at radius 2 is 1.90 bits per heavy atom. The molecule has 0 aromatic heterocycles. The SMILES string of the molecule is CCCCCS(=O)(=O)N(C)[C@H]1C/C=C\CO[C@H]2Cc3ccc(OC)cc3[C@H]2NC[C@@H](O)[C@H](Cc2ccccc2)NC1=O. The number of sulfonamides is 1. The van der Waals surface area contributed by atoms with Gasteiger partial charge in [0.2, 0.25) is 15.9 Å². The Balaban J connectivity index is 1.62. The summed E-state index contributed by atoms with van der Waals surface area (Å²) in [6.07, 6.45) is 6.09. The molecule has 0 spiro atoms. The van der Waals surface area contributed by atoms with Gasteiger partial charge < -0.3 is 25.2 Å². The van der Waals surface area contributed by atoms with E-state index in [1.54, 1.807) is 7.11 Å². The van der Waals surface area contributed by atoms with E-state index < -0.39 is 34.1 Å². The Kier molecular flexibility index (Phi) is 11.6. The van der Waals surface area contributed by atoms with Crippen LogP contribution in [0.5, 0.6) is 5.75 Å². The van der Waals surface area contributed by atoms with Crippen LogP contribution in [0.1, 0.15) is 55.3 Å². The second kappa shape index (κ2) is 15.1. The molecule has 0 saturated carbocycles. The molecule has 4 rings (SSSR count). The number of aliphatic hydroxyl groups is 1. The number of ether oxygens (including phenoxy) is 2. The Morgan fingerprint density at radius 1 is 1.12 bits per heavy atom. The van der Waals surface area contributed by atoms with Crippen molar-refractivity contribution in [3.8, 4) is 5.75 Å². The van der Waals surface area contributed by atoms with Crippen molar-refractivity contribution in [1.82, 2.24) is 14.9 Å². The number of aliphatic hydroxyl groups excluding tert-OH is 1. The molecule has 2 aromatic rings. The lowest BCUT2D eigenvalue weighted by molar-refractivity contribution is -0.126. The Labute approximate surface area is 250 Å². The van der Waals surface area contributed by atoms with Gasteiger partial charge in [0.15, 0.2) is 0 Å². The first-order chi connectivity index (χ1) is 20.2. The number of likely N-dealkylation sites (N-methyl/N-ethyl adjacent to an activating group) is 1. The fourth-order valence-electron chi connectivity index (χ4n) is 5.69.